The molecule has 0 radical (unpaired) electrons. The summed E-state index contributed by atoms with van der Waals surface area (Å²) in [5.41, 5.74) is 0. The van der Waals surface area contributed by atoms with Crippen LogP contribution in [0.3, 0.4) is 0 Å². The molecule has 0 aromatic rings. The van der Waals surface area contributed by atoms with Gasteiger partial charge < -0.3 is 9.47 Å². The van der Waals surface area contributed by atoms with Crippen LogP contribution < -0.4 is 0 Å². The number of methoxy groups -OCH3 is 1. The zero-order chi connectivity index (χ0) is 22.3. The van der Waals surface area contributed by atoms with Crippen molar-refractivity contribution in [2.75, 3.05) is 36.3 Å². The molecule has 0 saturated carbocycles. The van der Waals surface area contributed by atoms with Crippen molar-refractivity contribution in [3.63, 3.8) is 0 Å². The average molecular weight is 561 g/mol. The first-order chi connectivity index (χ1) is 14.6. The van der Waals surface area contributed by atoms with Crippen molar-refractivity contribution in [1.82, 2.24) is 0 Å². The Morgan fingerprint density at radius 3 is 1.57 bits per heavy atom. The van der Waals surface area contributed by atoms with E-state index in [1.54, 1.807) is 7.11 Å². The number of ether oxygens (including phenoxy) is 2. The molecule has 0 aromatic carbocycles. The smallest absolute Gasteiger partial charge is 0.153 e. The summed E-state index contributed by atoms with van der Waals surface area (Å²) in [6, 6.07) is 0. The Hall–Kier alpha value is 0.600. The Bertz CT molecular complexity index is 442. The predicted molar refractivity (Wildman–Crippen MR) is 139 cm³/mol. The van der Waals surface area contributed by atoms with E-state index in [1.807, 2.05) is 0 Å². The second kappa shape index (κ2) is 22.8. The number of halogens is 1. The van der Waals surface area contributed by atoms with Crippen LogP contribution in [0.2, 0.25) is 0 Å². The maximum absolute atomic E-state index is 11.9. The highest BCUT2D eigenvalue weighted by Gasteiger charge is 2.18. The van der Waals surface area contributed by atoms with E-state index in [4.69, 9.17) is 9.47 Å². The lowest BCUT2D eigenvalue weighted by Crippen LogP contribution is -2.29. The Balaban J connectivity index is 3.32. The number of hydrogen-bond donors (Lipinski definition) is 0. The largest absolute Gasteiger partial charge is 0.379 e. The molecule has 0 aliphatic rings. The van der Waals surface area contributed by atoms with Crippen molar-refractivity contribution in [3.05, 3.63) is 0 Å². The molecule has 4 nitrogen and oxygen atoms in total. The molecular formula is C24H49IO4S. The van der Waals surface area contributed by atoms with E-state index in [9.17, 15) is 8.42 Å². The molecule has 1 unspecified atom stereocenters. The van der Waals surface area contributed by atoms with Gasteiger partial charge in [0.05, 0.1) is 24.2 Å². The third-order valence-electron chi connectivity index (χ3n) is 5.61. The van der Waals surface area contributed by atoms with Crippen LogP contribution in [0.5, 0.6) is 0 Å². The van der Waals surface area contributed by atoms with Crippen LogP contribution in [0.25, 0.3) is 0 Å². The molecule has 0 aliphatic heterocycles. The predicted octanol–water partition coefficient (Wildman–Crippen LogP) is 7.13. The van der Waals surface area contributed by atoms with Gasteiger partial charge in [-0.2, -0.15) is 0 Å². The molecule has 182 valence electrons. The van der Waals surface area contributed by atoms with E-state index in [0.717, 1.165) is 6.42 Å². The van der Waals surface area contributed by atoms with E-state index >= 15 is 0 Å². The van der Waals surface area contributed by atoms with Gasteiger partial charge in [0.2, 0.25) is 0 Å². The highest BCUT2D eigenvalue weighted by atomic mass is 127. The van der Waals surface area contributed by atoms with Crippen LogP contribution >= 0.6 is 22.6 Å². The molecule has 0 saturated heterocycles. The lowest BCUT2D eigenvalue weighted by Gasteiger charge is -2.15. The van der Waals surface area contributed by atoms with Gasteiger partial charge in [-0.25, -0.2) is 8.42 Å². The third kappa shape index (κ3) is 21.8. The molecule has 6 heteroatoms. The number of rotatable bonds is 24. The monoisotopic (exact) mass is 560 g/mol. The maximum Gasteiger partial charge on any atom is 0.153 e. The van der Waals surface area contributed by atoms with Crippen LogP contribution in [-0.2, 0) is 19.3 Å². The number of alkyl halides is 1. The summed E-state index contributed by atoms with van der Waals surface area (Å²) < 4.78 is 35.2. The van der Waals surface area contributed by atoms with Gasteiger partial charge in [0.25, 0.3) is 0 Å². The molecule has 0 aliphatic carbocycles. The van der Waals surface area contributed by atoms with E-state index in [2.05, 4.69) is 29.5 Å². The van der Waals surface area contributed by atoms with Gasteiger partial charge in [-0.15, -0.1) is 0 Å². The number of sulfone groups is 1. The summed E-state index contributed by atoms with van der Waals surface area (Å²) in [5, 5.41) is 0. The molecule has 30 heavy (non-hydrogen) atoms. The van der Waals surface area contributed by atoms with E-state index < -0.39 is 9.84 Å². The van der Waals surface area contributed by atoms with Crippen LogP contribution in [0, 0.1) is 0 Å². The van der Waals surface area contributed by atoms with Gasteiger partial charge in [0, 0.05) is 18.1 Å². The number of hydrogen-bond acceptors (Lipinski definition) is 4. The van der Waals surface area contributed by atoms with E-state index in [0.29, 0.717) is 17.6 Å². The lowest BCUT2D eigenvalue weighted by atomic mass is 10.0. The minimum atomic E-state index is -3.03. The fourth-order valence-corrected chi connectivity index (χ4v) is 6.85. The molecule has 0 bridgehead atoms. The Morgan fingerprint density at radius 1 is 0.733 bits per heavy atom. The van der Waals surface area contributed by atoms with Crippen molar-refractivity contribution in [1.29, 1.82) is 0 Å². The van der Waals surface area contributed by atoms with Gasteiger partial charge in [-0.3, -0.25) is 0 Å². The minimum absolute atomic E-state index is 0.0610. The van der Waals surface area contributed by atoms with Gasteiger partial charge >= 0.3 is 0 Å². The fraction of sp³-hybridized carbons (Fsp3) is 1.00. The first-order valence-corrected chi connectivity index (χ1v) is 15.8. The highest BCUT2D eigenvalue weighted by Crippen LogP contribution is 2.13. The van der Waals surface area contributed by atoms with Crippen LogP contribution in [0.15, 0.2) is 0 Å². The second-order valence-corrected chi connectivity index (χ2v) is 11.8. The molecule has 0 heterocycles. The molecule has 0 spiro atoms. The summed E-state index contributed by atoms with van der Waals surface area (Å²) in [6.45, 7) is 3.35. The summed E-state index contributed by atoms with van der Waals surface area (Å²) in [7, 11) is -1.47. The zero-order valence-corrected chi connectivity index (χ0v) is 22.8. The molecule has 0 rings (SSSR count). The van der Waals surface area contributed by atoms with Gasteiger partial charge in [-0.05, 0) is 6.42 Å². The molecule has 0 aromatic heterocycles. The summed E-state index contributed by atoms with van der Waals surface area (Å²) >= 11 is 2.09. The molecular weight excluding hydrogens is 511 g/mol. The first-order valence-electron chi connectivity index (χ1n) is 12.4. The maximum atomic E-state index is 11.9. The van der Waals surface area contributed by atoms with Crippen molar-refractivity contribution in [2.24, 2.45) is 0 Å². The molecule has 0 N–H and O–H groups in total. The zero-order valence-electron chi connectivity index (χ0n) is 19.8. The molecule has 1 atom stereocenters. The van der Waals surface area contributed by atoms with Crippen molar-refractivity contribution in [3.8, 4) is 0 Å². The third-order valence-corrected chi connectivity index (χ3v) is 8.58. The van der Waals surface area contributed by atoms with Crippen LogP contribution in [-0.4, -0.2) is 50.8 Å². The second-order valence-electron chi connectivity index (χ2n) is 8.54. The summed E-state index contributed by atoms with van der Waals surface area (Å²) in [4.78, 5) is 0. The normalized spacial score (nSPS) is 13.0. The minimum Gasteiger partial charge on any atom is -0.379 e. The standard InChI is InChI=1S/C24H49IO4S/c1-3-4-5-6-7-8-9-10-11-12-13-14-15-16-17-18-20-29-22-24(28-2)23-30(26,27)21-19-25/h24H,3-23H2,1-2H3. The quantitative estimate of drug-likeness (QED) is 0.0716. The van der Waals surface area contributed by atoms with Crippen LogP contribution in [0.4, 0.5) is 0 Å². The van der Waals surface area contributed by atoms with Crippen molar-refractivity contribution in [2.45, 2.75) is 116 Å². The Morgan fingerprint density at radius 2 is 1.17 bits per heavy atom. The van der Waals surface area contributed by atoms with Gasteiger partial charge in [0.15, 0.2) is 9.84 Å². The van der Waals surface area contributed by atoms with Gasteiger partial charge in [0.1, 0.15) is 0 Å². The van der Waals surface area contributed by atoms with Crippen LogP contribution in [0.1, 0.15) is 110 Å². The topological polar surface area (TPSA) is 52.6 Å². The summed E-state index contributed by atoms with van der Waals surface area (Å²) in [6.07, 6.45) is 21.4. The van der Waals surface area contributed by atoms with Gasteiger partial charge in [-0.1, -0.05) is 126 Å². The van der Waals surface area contributed by atoms with E-state index in [1.165, 1.54) is 96.3 Å². The molecule has 0 fully saturated rings. The Labute approximate surface area is 201 Å². The SMILES string of the molecule is CCCCCCCCCCCCCCCCCCOCC(CS(=O)(=O)CCI)OC. The van der Waals surface area contributed by atoms with E-state index in [-0.39, 0.29) is 17.6 Å². The molecule has 0 amide bonds. The average Bonchev–Trinajstić information content (AvgIpc) is 2.71. The first kappa shape index (κ1) is 30.6. The van der Waals surface area contributed by atoms with Crippen molar-refractivity contribution >= 4 is 32.4 Å². The summed E-state index contributed by atoms with van der Waals surface area (Å²) in [5.74, 6) is 0.276. The Kier molecular flexibility index (Phi) is 23.2. The number of unbranched alkanes of at least 4 members (excludes halogenated alkanes) is 15. The fourth-order valence-electron chi connectivity index (χ4n) is 3.64. The van der Waals surface area contributed by atoms with Crippen molar-refractivity contribution < 1.29 is 17.9 Å². The highest BCUT2D eigenvalue weighted by molar-refractivity contribution is 14.1. The lowest BCUT2D eigenvalue weighted by molar-refractivity contribution is 0.0190.